The molecule has 4 atom stereocenters. The number of hydrogen-bond acceptors (Lipinski definition) is 9. The van der Waals surface area contributed by atoms with Crippen molar-refractivity contribution >= 4 is 45.9 Å². The molecule has 0 spiro atoms. The number of halogens is 2. The molecule has 0 radical (unpaired) electrons. The predicted molar refractivity (Wildman–Crippen MR) is 169 cm³/mol. The van der Waals surface area contributed by atoms with Gasteiger partial charge in [0.2, 0.25) is 0 Å². The quantitative estimate of drug-likeness (QED) is 0.230. The van der Waals surface area contributed by atoms with Crippen molar-refractivity contribution in [3.63, 3.8) is 0 Å². The molecule has 3 fully saturated rings. The molecule has 0 unspecified atom stereocenters. The lowest BCUT2D eigenvalue weighted by Gasteiger charge is -2.54. The number of para-hydroxylation sites is 1. The standard InChI is InChI=1S/C33H33Cl2N5O5/c1-33(28-9-6-20(34)16-36-28)44-27-5-3-4-25(31(27)45-33)39-12-11-38(23-7-8-24(23)39)18-29-37-30-22(35)14-19(32(41)42-2)15-26(30)40(29)17-21-10-13-43-21/h3-6,9,14-16,21,23-24H,7-8,10-13,17-18H2,1-2H3/t21-,23+,24+,33+/m0/s1. The Labute approximate surface area is 270 Å². The molecular formula is C33H33Cl2N5O5. The van der Waals surface area contributed by atoms with Crippen molar-refractivity contribution in [2.75, 3.05) is 31.7 Å². The summed E-state index contributed by atoms with van der Waals surface area (Å²) in [5, 5.41) is 1.00. The van der Waals surface area contributed by atoms with Crippen LogP contribution in [-0.4, -0.2) is 70.4 Å². The van der Waals surface area contributed by atoms with E-state index in [1.165, 1.54) is 7.11 Å². The molecule has 3 aliphatic heterocycles. The molecule has 4 aromatic rings. The van der Waals surface area contributed by atoms with Gasteiger partial charge in [0.25, 0.3) is 5.79 Å². The van der Waals surface area contributed by atoms with Gasteiger partial charge >= 0.3 is 5.97 Å². The molecule has 8 rings (SSSR count). The third-order valence-electron chi connectivity index (χ3n) is 9.59. The Balaban J connectivity index is 1.06. The average Bonchev–Trinajstić information content (AvgIpc) is 3.53. The molecule has 12 heteroatoms. The minimum Gasteiger partial charge on any atom is -0.465 e. The maximum atomic E-state index is 12.4. The van der Waals surface area contributed by atoms with Crippen molar-refractivity contribution in [3.05, 3.63) is 75.8 Å². The molecule has 0 N–H and O–H groups in total. The number of nitrogens with zero attached hydrogens (tertiary/aromatic N) is 5. The number of hydrogen-bond donors (Lipinski definition) is 0. The van der Waals surface area contributed by atoms with Crippen LogP contribution in [0.25, 0.3) is 11.0 Å². The number of methoxy groups -OCH3 is 1. The van der Waals surface area contributed by atoms with Crippen LogP contribution >= 0.6 is 23.2 Å². The van der Waals surface area contributed by atoms with Gasteiger partial charge in [-0.1, -0.05) is 29.3 Å². The van der Waals surface area contributed by atoms with Gasteiger partial charge in [-0.3, -0.25) is 9.88 Å². The molecule has 4 aliphatic rings. The highest BCUT2D eigenvalue weighted by atomic mass is 35.5. The zero-order chi connectivity index (χ0) is 30.9. The highest BCUT2D eigenvalue weighted by molar-refractivity contribution is 6.35. The largest absolute Gasteiger partial charge is 0.465 e. The Bertz CT molecular complexity index is 1790. The molecule has 234 valence electrons. The molecule has 2 aromatic heterocycles. The number of fused-ring (bicyclic) bond motifs is 3. The van der Waals surface area contributed by atoms with E-state index in [1.54, 1.807) is 18.3 Å². The molecule has 2 saturated heterocycles. The third kappa shape index (κ3) is 4.90. The van der Waals surface area contributed by atoms with Crippen LogP contribution in [0.5, 0.6) is 11.5 Å². The van der Waals surface area contributed by atoms with E-state index in [1.807, 2.05) is 31.2 Å². The summed E-state index contributed by atoms with van der Waals surface area (Å²) in [6, 6.07) is 13.9. The maximum absolute atomic E-state index is 12.4. The van der Waals surface area contributed by atoms with E-state index in [2.05, 4.69) is 25.4 Å². The topological polar surface area (TPSA) is 91.2 Å². The van der Waals surface area contributed by atoms with Gasteiger partial charge in [0.15, 0.2) is 11.5 Å². The lowest BCUT2D eigenvalue weighted by Crippen LogP contribution is -2.64. The number of imidazole rings is 1. The van der Waals surface area contributed by atoms with Crippen molar-refractivity contribution in [2.24, 2.45) is 0 Å². The molecular weight excluding hydrogens is 617 g/mol. The first-order valence-electron chi connectivity index (χ1n) is 15.3. The number of carbonyl (C=O) groups excluding carboxylic acids is 1. The second-order valence-corrected chi connectivity index (χ2v) is 13.1. The van der Waals surface area contributed by atoms with E-state index in [4.69, 9.17) is 47.1 Å². The molecule has 1 saturated carbocycles. The van der Waals surface area contributed by atoms with Crippen molar-refractivity contribution in [2.45, 2.75) is 63.3 Å². The minimum absolute atomic E-state index is 0.117. The van der Waals surface area contributed by atoms with Gasteiger partial charge in [0.1, 0.15) is 17.0 Å². The van der Waals surface area contributed by atoms with Gasteiger partial charge in [0, 0.05) is 44.9 Å². The monoisotopic (exact) mass is 649 g/mol. The molecule has 5 heterocycles. The highest BCUT2D eigenvalue weighted by Crippen LogP contribution is 2.51. The van der Waals surface area contributed by atoms with Crippen molar-refractivity contribution in [1.82, 2.24) is 19.4 Å². The molecule has 1 aliphatic carbocycles. The lowest BCUT2D eigenvalue weighted by atomic mass is 9.81. The van der Waals surface area contributed by atoms with Crippen LogP contribution < -0.4 is 14.4 Å². The predicted octanol–water partition coefficient (Wildman–Crippen LogP) is 5.81. The van der Waals surface area contributed by atoms with Crippen LogP contribution in [-0.2, 0) is 28.4 Å². The van der Waals surface area contributed by atoms with Gasteiger partial charge < -0.3 is 28.4 Å². The van der Waals surface area contributed by atoms with E-state index in [-0.39, 0.29) is 6.10 Å². The van der Waals surface area contributed by atoms with Crippen LogP contribution in [0.15, 0.2) is 48.7 Å². The smallest absolute Gasteiger partial charge is 0.337 e. The maximum Gasteiger partial charge on any atom is 0.337 e. The highest BCUT2D eigenvalue weighted by Gasteiger charge is 2.47. The van der Waals surface area contributed by atoms with Crippen molar-refractivity contribution in [1.29, 1.82) is 0 Å². The fraction of sp³-hybridized carbons (Fsp3) is 0.424. The fourth-order valence-corrected chi connectivity index (χ4v) is 7.38. The van der Waals surface area contributed by atoms with Crippen molar-refractivity contribution < 1.29 is 23.7 Å². The number of benzene rings is 2. The van der Waals surface area contributed by atoms with E-state index in [0.29, 0.717) is 57.7 Å². The zero-order valence-electron chi connectivity index (χ0n) is 25.0. The summed E-state index contributed by atoms with van der Waals surface area (Å²) in [4.78, 5) is 26.9. The number of ether oxygens (including phenoxy) is 4. The Morgan fingerprint density at radius 2 is 1.93 bits per heavy atom. The summed E-state index contributed by atoms with van der Waals surface area (Å²) in [5.41, 5.74) is 3.63. The van der Waals surface area contributed by atoms with Gasteiger partial charge in [-0.25, -0.2) is 9.78 Å². The Kier molecular flexibility index (Phi) is 7.09. The van der Waals surface area contributed by atoms with Gasteiger partial charge in [-0.15, -0.1) is 0 Å². The second kappa shape index (κ2) is 11.0. The Morgan fingerprint density at radius 3 is 2.64 bits per heavy atom. The summed E-state index contributed by atoms with van der Waals surface area (Å²) in [5.74, 6) is 0.914. The summed E-state index contributed by atoms with van der Waals surface area (Å²) in [6.07, 6.45) is 4.90. The van der Waals surface area contributed by atoms with Crippen molar-refractivity contribution in [3.8, 4) is 11.5 Å². The summed E-state index contributed by atoms with van der Waals surface area (Å²) < 4.78 is 25.8. The zero-order valence-corrected chi connectivity index (χ0v) is 26.6. The molecule has 0 amide bonds. The van der Waals surface area contributed by atoms with E-state index < -0.39 is 11.8 Å². The summed E-state index contributed by atoms with van der Waals surface area (Å²) in [7, 11) is 1.37. The van der Waals surface area contributed by atoms with E-state index in [0.717, 1.165) is 61.7 Å². The van der Waals surface area contributed by atoms with Crippen LogP contribution in [0.4, 0.5) is 5.69 Å². The SMILES string of the molecule is COC(=O)c1cc(Cl)c2nc(CN3CCN(c4cccc5c4O[C@](C)(c4ccc(Cl)cn4)O5)[C@@H]4CC[C@H]43)n(C[C@@H]3CCO3)c2c1. The van der Waals surface area contributed by atoms with E-state index in [9.17, 15) is 4.79 Å². The number of anilines is 1. The average molecular weight is 651 g/mol. The fourth-order valence-electron chi connectivity index (χ4n) is 7.01. The first kappa shape index (κ1) is 28.9. The number of rotatable bonds is 7. The first-order chi connectivity index (χ1) is 21.8. The van der Waals surface area contributed by atoms with Crippen LogP contribution in [0, 0.1) is 0 Å². The third-order valence-corrected chi connectivity index (χ3v) is 10.1. The number of aromatic nitrogens is 3. The van der Waals surface area contributed by atoms with Crippen LogP contribution in [0.2, 0.25) is 10.0 Å². The molecule has 10 nitrogen and oxygen atoms in total. The van der Waals surface area contributed by atoms with Gasteiger partial charge in [0.05, 0.1) is 53.1 Å². The van der Waals surface area contributed by atoms with Crippen LogP contribution in [0.1, 0.15) is 48.1 Å². The number of pyridine rings is 1. The Morgan fingerprint density at radius 1 is 1.09 bits per heavy atom. The number of carbonyl (C=O) groups is 1. The number of piperazine rings is 1. The second-order valence-electron chi connectivity index (χ2n) is 12.2. The Hall–Kier alpha value is -3.57. The lowest BCUT2D eigenvalue weighted by molar-refractivity contribution is -0.0717. The summed E-state index contributed by atoms with van der Waals surface area (Å²) >= 11 is 12.8. The first-order valence-corrected chi connectivity index (χ1v) is 16.1. The molecule has 0 bridgehead atoms. The van der Waals surface area contributed by atoms with E-state index >= 15 is 0 Å². The molecule has 2 aromatic carbocycles. The molecule has 45 heavy (non-hydrogen) atoms. The normalized spacial score (nSPS) is 25.5. The van der Waals surface area contributed by atoms with Crippen LogP contribution in [0.3, 0.4) is 0 Å². The van der Waals surface area contributed by atoms with Gasteiger partial charge in [-0.05, 0) is 55.7 Å². The number of esters is 1. The minimum atomic E-state index is -1.04. The van der Waals surface area contributed by atoms with Gasteiger partial charge in [-0.2, -0.15) is 0 Å². The summed E-state index contributed by atoms with van der Waals surface area (Å²) in [6.45, 7) is 5.67.